The first-order chi connectivity index (χ1) is 14.3. The predicted molar refractivity (Wildman–Crippen MR) is 114 cm³/mol. The molecule has 1 N–H and O–H groups in total. The van der Waals surface area contributed by atoms with Gasteiger partial charge in [0.2, 0.25) is 15.9 Å². The summed E-state index contributed by atoms with van der Waals surface area (Å²) in [5.74, 6) is 0.0344. The van der Waals surface area contributed by atoms with Gasteiger partial charge in [0, 0.05) is 37.8 Å². The van der Waals surface area contributed by atoms with Crippen molar-refractivity contribution in [2.75, 3.05) is 32.6 Å². The first kappa shape index (κ1) is 22.6. The number of methoxy groups -OCH3 is 1. The van der Waals surface area contributed by atoms with Crippen LogP contribution in [-0.4, -0.2) is 62.9 Å². The molecule has 1 aliphatic heterocycles. The Morgan fingerprint density at radius 1 is 1.03 bits per heavy atom. The third-order valence-corrected chi connectivity index (χ3v) is 8.11. The minimum atomic E-state index is -3.64. The van der Waals surface area contributed by atoms with Crippen molar-refractivity contribution in [1.82, 2.24) is 9.21 Å². The van der Waals surface area contributed by atoms with Gasteiger partial charge in [-0.2, -0.15) is 4.31 Å². The van der Waals surface area contributed by atoms with Crippen LogP contribution in [0.5, 0.6) is 0 Å². The van der Waals surface area contributed by atoms with Gasteiger partial charge in [-0.15, -0.1) is 0 Å². The Hall–Kier alpha value is -2.13. The van der Waals surface area contributed by atoms with Crippen molar-refractivity contribution in [3.63, 3.8) is 0 Å². The number of anilines is 1. The Balaban J connectivity index is 1.58. The van der Waals surface area contributed by atoms with Crippen molar-refractivity contribution >= 4 is 27.7 Å². The lowest BCUT2D eigenvalue weighted by Crippen LogP contribution is -2.46. The molecule has 1 heterocycles. The molecule has 9 heteroatoms. The molecular weight excluding hydrogens is 406 g/mol. The Bertz CT molecular complexity index is 842. The molecule has 8 nitrogen and oxygen atoms in total. The van der Waals surface area contributed by atoms with Gasteiger partial charge in [0.1, 0.15) is 0 Å². The molecule has 1 saturated heterocycles. The maximum Gasteiger partial charge on any atom is 0.411 e. The number of amides is 2. The van der Waals surface area contributed by atoms with Gasteiger partial charge in [0.15, 0.2) is 0 Å². The molecule has 1 aromatic rings. The maximum absolute atomic E-state index is 13.0. The lowest BCUT2D eigenvalue weighted by Gasteiger charge is -2.36. The van der Waals surface area contributed by atoms with Gasteiger partial charge in [0.05, 0.1) is 12.0 Å². The summed E-state index contributed by atoms with van der Waals surface area (Å²) in [7, 11) is -0.485. The van der Waals surface area contributed by atoms with Crippen LogP contribution in [0.4, 0.5) is 10.5 Å². The molecule has 0 atom stereocenters. The van der Waals surface area contributed by atoms with E-state index < -0.39 is 16.1 Å². The lowest BCUT2D eigenvalue weighted by atomic mass is 9.91. The predicted octanol–water partition coefficient (Wildman–Crippen LogP) is 3.06. The van der Waals surface area contributed by atoms with Gasteiger partial charge in [-0.1, -0.05) is 19.3 Å². The second-order valence-corrected chi connectivity index (χ2v) is 10.00. The first-order valence-corrected chi connectivity index (χ1v) is 12.0. The zero-order valence-corrected chi connectivity index (χ0v) is 18.5. The normalized spacial score (nSPS) is 19.3. The third-order valence-electron chi connectivity index (χ3n) is 6.20. The molecule has 0 aromatic heterocycles. The van der Waals surface area contributed by atoms with E-state index in [2.05, 4.69) is 10.1 Å². The van der Waals surface area contributed by atoms with E-state index in [4.69, 9.17) is 0 Å². The van der Waals surface area contributed by atoms with Crippen LogP contribution in [0.2, 0.25) is 0 Å². The summed E-state index contributed by atoms with van der Waals surface area (Å²) in [6.07, 6.45) is 6.19. The number of hydrogen-bond acceptors (Lipinski definition) is 5. The Kier molecular flexibility index (Phi) is 7.36. The van der Waals surface area contributed by atoms with Crippen LogP contribution >= 0.6 is 0 Å². The van der Waals surface area contributed by atoms with Gasteiger partial charge in [-0.25, -0.2) is 13.2 Å². The molecule has 0 bridgehead atoms. The van der Waals surface area contributed by atoms with E-state index in [1.165, 1.54) is 54.9 Å². The van der Waals surface area contributed by atoms with Gasteiger partial charge in [-0.3, -0.25) is 10.1 Å². The highest BCUT2D eigenvalue weighted by Crippen LogP contribution is 2.28. The fourth-order valence-electron chi connectivity index (χ4n) is 4.31. The van der Waals surface area contributed by atoms with E-state index in [1.807, 2.05) is 11.9 Å². The number of hydrogen-bond donors (Lipinski definition) is 1. The largest absolute Gasteiger partial charge is 0.453 e. The molecular formula is C21H31N3O5S. The van der Waals surface area contributed by atoms with Crippen molar-refractivity contribution in [3.8, 4) is 0 Å². The molecule has 1 aliphatic carbocycles. The molecule has 1 saturated carbocycles. The average Bonchev–Trinajstić information content (AvgIpc) is 2.79. The number of sulfonamides is 1. The number of nitrogens with zero attached hydrogens (tertiary/aromatic N) is 2. The number of carbonyl (C=O) groups excluding carboxylic acids is 2. The Labute approximate surface area is 178 Å². The van der Waals surface area contributed by atoms with Gasteiger partial charge >= 0.3 is 6.09 Å². The van der Waals surface area contributed by atoms with E-state index >= 15 is 0 Å². The quantitative estimate of drug-likeness (QED) is 0.764. The summed E-state index contributed by atoms with van der Waals surface area (Å²) in [6, 6.07) is 6.31. The lowest BCUT2D eigenvalue weighted by molar-refractivity contribution is -0.138. The first-order valence-electron chi connectivity index (χ1n) is 10.5. The van der Waals surface area contributed by atoms with Crippen LogP contribution in [0, 0.1) is 5.92 Å². The van der Waals surface area contributed by atoms with Crippen LogP contribution in [-0.2, 0) is 19.6 Å². The van der Waals surface area contributed by atoms with Crippen molar-refractivity contribution in [2.45, 2.75) is 55.9 Å². The van der Waals surface area contributed by atoms with E-state index in [-0.39, 0.29) is 16.7 Å². The van der Waals surface area contributed by atoms with Gasteiger partial charge < -0.3 is 9.64 Å². The number of nitrogens with one attached hydrogen (secondary N) is 1. The van der Waals surface area contributed by atoms with Crippen molar-refractivity contribution in [3.05, 3.63) is 24.3 Å². The molecule has 0 unspecified atom stereocenters. The Morgan fingerprint density at radius 2 is 1.63 bits per heavy atom. The molecule has 0 radical (unpaired) electrons. The number of piperidine rings is 1. The zero-order chi connectivity index (χ0) is 21.7. The van der Waals surface area contributed by atoms with Gasteiger partial charge in [0.25, 0.3) is 0 Å². The van der Waals surface area contributed by atoms with Gasteiger partial charge in [-0.05, 0) is 49.9 Å². The van der Waals surface area contributed by atoms with Crippen LogP contribution in [0.3, 0.4) is 0 Å². The van der Waals surface area contributed by atoms with Crippen molar-refractivity contribution in [1.29, 1.82) is 0 Å². The van der Waals surface area contributed by atoms with E-state index in [0.29, 0.717) is 37.7 Å². The summed E-state index contributed by atoms with van der Waals surface area (Å²) in [5.41, 5.74) is 0.454. The molecule has 3 rings (SSSR count). The van der Waals surface area contributed by atoms with E-state index in [9.17, 15) is 18.0 Å². The molecule has 2 fully saturated rings. The minimum absolute atomic E-state index is 0.116. The smallest absolute Gasteiger partial charge is 0.411 e. The topological polar surface area (TPSA) is 96.0 Å². The minimum Gasteiger partial charge on any atom is -0.453 e. The monoisotopic (exact) mass is 437 g/mol. The standard InChI is InChI=1S/C21H31N3O5S/c1-23(18-6-4-3-5-7-18)20(25)16-12-14-24(15-13-16)30(27,28)19-10-8-17(9-11-19)22-21(26)29-2/h8-11,16,18H,3-7,12-15H2,1-2H3,(H,22,26). The molecule has 166 valence electrons. The Morgan fingerprint density at radius 3 is 2.20 bits per heavy atom. The van der Waals surface area contributed by atoms with Crippen molar-refractivity contribution < 1.29 is 22.7 Å². The highest BCUT2D eigenvalue weighted by Gasteiger charge is 2.34. The zero-order valence-electron chi connectivity index (χ0n) is 17.7. The summed E-state index contributed by atoms with van der Waals surface area (Å²) in [6.45, 7) is 0.665. The average molecular weight is 438 g/mol. The number of ether oxygens (including phenoxy) is 1. The number of benzene rings is 1. The molecule has 2 amide bonds. The summed E-state index contributed by atoms with van der Waals surface area (Å²) in [4.78, 5) is 26.2. The van der Waals surface area contributed by atoms with Crippen LogP contribution in [0.1, 0.15) is 44.9 Å². The fraction of sp³-hybridized carbons (Fsp3) is 0.619. The molecule has 2 aliphatic rings. The van der Waals surface area contributed by atoms with Crippen LogP contribution < -0.4 is 5.32 Å². The third kappa shape index (κ3) is 5.13. The van der Waals surface area contributed by atoms with E-state index in [1.54, 1.807) is 0 Å². The molecule has 30 heavy (non-hydrogen) atoms. The summed E-state index contributed by atoms with van der Waals surface area (Å²) >= 11 is 0. The molecule has 0 spiro atoms. The SMILES string of the molecule is COC(=O)Nc1ccc(S(=O)(=O)N2CCC(C(=O)N(C)C3CCCCC3)CC2)cc1. The van der Waals surface area contributed by atoms with Crippen LogP contribution in [0.15, 0.2) is 29.2 Å². The highest BCUT2D eigenvalue weighted by atomic mass is 32.2. The number of carbonyl (C=O) groups is 2. The van der Waals surface area contributed by atoms with Crippen molar-refractivity contribution in [2.24, 2.45) is 5.92 Å². The second-order valence-electron chi connectivity index (χ2n) is 8.06. The molecule has 1 aromatic carbocycles. The second kappa shape index (κ2) is 9.78. The van der Waals surface area contributed by atoms with E-state index in [0.717, 1.165) is 12.8 Å². The van der Waals surface area contributed by atoms with Crippen LogP contribution in [0.25, 0.3) is 0 Å². The maximum atomic E-state index is 13.0. The highest BCUT2D eigenvalue weighted by molar-refractivity contribution is 7.89. The fourth-order valence-corrected chi connectivity index (χ4v) is 5.78. The summed E-state index contributed by atoms with van der Waals surface area (Å²) in [5, 5.41) is 2.49. The summed E-state index contributed by atoms with van der Waals surface area (Å²) < 4.78 is 31.9. The number of rotatable bonds is 5.